The Morgan fingerprint density at radius 1 is 0.650 bits per heavy atom. The molecular formula is C16H12O4. The lowest BCUT2D eigenvalue weighted by Crippen LogP contribution is -2.23. The average Bonchev–Trinajstić information content (AvgIpc) is 2.41. The van der Waals surface area contributed by atoms with Crippen molar-refractivity contribution in [1.29, 1.82) is 0 Å². The molecule has 0 heterocycles. The third-order valence-corrected chi connectivity index (χ3v) is 3.69. The van der Waals surface area contributed by atoms with Crippen molar-refractivity contribution < 1.29 is 19.8 Å². The minimum Gasteiger partial charge on any atom is -0.507 e. The second-order valence-electron chi connectivity index (χ2n) is 4.96. The summed E-state index contributed by atoms with van der Waals surface area (Å²) < 4.78 is 0. The lowest BCUT2D eigenvalue weighted by atomic mass is 9.79. The minimum atomic E-state index is -0.427. The molecule has 0 radical (unpaired) electrons. The number of aromatic hydroxyl groups is 2. The fourth-order valence-corrected chi connectivity index (χ4v) is 2.69. The maximum atomic E-state index is 12.6. The molecule has 2 aromatic rings. The Balaban J connectivity index is 2.46. The first-order valence-electron chi connectivity index (χ1n) is 6.18. The Kier molecular flexibility index (Phi) is 2.44. The van der Waals surface area contributed by atoms with Crippen LogP contribution in [0.25, 0.3) is 0 Å². The van der Waals surface area contributed by atoms with E-state index in [4.69, 9.17) is 0 Å². The van der Waals surface area contributed by atoms with Gasteiger partial charge in [-0.3, -0.25) is 9.59 Å². The third-order valence-electron chi connectivity index (χ3n) is 3.69. The standard InChI is InChI=1S/C16H12O4/c1-7-3-4-8(2)12-11(7)15(19)13-9(17)5-6-10(18)14(13)16(12)20/h3-6,17-18H,1-2H3. The van der Waals surface area contributed by atoms with E-state index in [0.717, 1.165) is 0 Å². The largest absolute Gasteiger partial charge is 0.507 e. The first-order chi connectivity index (χ1) is 9.43. The van der Waals surface area contributed by atoms with Crippen LogP contribution in [0.5, 0.6) is 11.5 Å². The highest BCUT2D eigenvalue weighted by Gasteiger charge is 2.36. The number of phenols is 2. The quantitative estimate of drug-likeness (QED) is 0.614. The van der Waals surface area contributed by atoms with E-state index in [1.807, 2.05) is 0 Å². The lowest BCUT2D eigenvalue weighted by Gasteiger charge is -2.22. The fraction of sp³-hybridized carbons (Fsp3) is 0.125. The smallest absolute Gasteiger partial charge is 0.198 e. The molecule has 0 aliphatic heterocycles. The van der Waals surface area contributed by atoms with Crippen LogP contribution in [0.4, 0.5) is 0 Å². The molecule has 0 saturated carbocycles. The maximum absolute atomic E-state index is 12.6. The zero-order chi connectivity index (χ0) is 14.6. The van der Waals surface area contributed by atoms with Crippen LogP contribution in [0.1, 0.15) is 43.0 Å². The van der Waals surface area contributed by atoms with E-state index in [1.54, 1.807) is 26.0 Å². The molecule has 1 aliphatic rings. The van der Waals surface area contributed by atoms with Crippen molar-refractivity contribution in [1.82, 2.24) is 0 Å². The van der Waals surface area contributed by atoms with Gasteiger partial charge in [0.25, 0.3) is 0 Å². The maximum Gasteiger partial charge on any atom is 0.198 e. The van der Waals surface area contributed by atoms with Gasteiger partial charge in [-0.05, 0) is 37.1 Å². The van der Waals surface area contributed by atoms with E-state index in [2.05, 4.69) is 0 Å². The molecule has 1 aliphatic carbocycles. The normalized spacial score (nSPS) is 13.1. The summed E-state index contributed by atoms with van der Waals surface area (Å²) in [5.41, 5.74) is 1.74. The summed E-state index contributed by atoms with van der Waals surface area (Å²) in [7, 11) is 0. The van der Waals surface area contributed by atoms with E-state index in [1.165, 1.54) is 12.1 Å². The molecule has 2 N–H and O–H groups in total. The topological polar surface area (TPSA) is 74.6 Å². The van der Waals surface area contributed by atoms with Crippen LogP contribution in [-0.2, 0) is 0 Å². The van der Waals surface area contributed by atoms with Gasteiger partial charge in [0.15, 0.2) is 11.6 Å². The van der Waals surface area contributed by atoms with Gasteiger partial charge in [-0.25, -0.2) is 0 Å². The first kappa shape index (κ1) is 12.4. The molecule has 0 bridgehead atoms. The van der Waals surface area contributed by atoms with Crippen LogP contribution in [0.15, 0.2) is 24.3 Å². The molecule has 0 unspecified atom stereocenters. The minimum absolute atomic E-state index is 0.115. The van der Waals surface area contributed by atoms with Crippen LogP contribution in [0, 0.1) is 13.8 Å². The number of ketones is 2. The first-order valence-corrected chi connectivity index (χ1v) is 6.18. The van der Waals surface area contributed by atoms with Crippen molar-refractivity contribution >= 4 is 11.6 Å². The van der Waals surface area contributed by atoms with Gasteiger partial charge >= 0.3 is 0 Å². The highest BCUT2D eigenvalue weighted by Crippen LogP contribution is 2.39. The summed E-state index contributed by atoms with van der Waals surface area (Å²) in [5, 5.41) is 19.7. The third kappa shape index (κ3) is 1.42. The van der Waals surface area contributed by atoms with Crippen LogP contribution in [-0.4, -0.2) is 21.8 Å². The van der Waals surface area contributed by atoms with Gasteiger partial charge in [0.05, 0.1) is 11.1 Å². The van der Waals surface area contributed by atoms with Gasteiger partial charge < -0.3 is 10.2 Å². The zero-order valence-corrected chi connectivity index (χ0v) is 11.0. The Labute approximate surface area is 115 Å². The Bertz CT molecular complexity index is 658. The van der Waals surface area contributed by atoms with E-state index >= 15 is 0 Å². The lowest BCUT2D eigenvalue weighted by molar-refractivity contribution is 0.0973. The number of benzene rings is 2. The number of carbonyl (C=O) groups excluding carboxylic acids is 2. The summed E-state index contributed by atoms with van der Waals surface area (Å²) >= 11 is 0. The van der Waals surface area contributed by atoms with Crippen molar-refractivity contribution in [2.45, 2.75) is 13.8 Å². The van der Waals surface area contributed by atoms with Crippen molar-refractivity contribution in [2.75, 3.05) is 0 Å². The predicted octanol–water partition coefficient (Wildman–Crippen LogP) is 2.49. The number of fused-ring (bicyclic) bond motifs is 2. The van der Waals surface area contributed by atoms with Crippen LogP contribution >= 0.6 is 0 Å². The Morgan fingerprint density at radius 3 is 1.35 bits per heavy atom. The number of rotatable bonds is 0. The molecule has 2 aromatic carbocycles. The van der Waals surface area contributed by atoms with E-state index in [-0.39, 0.29) is 22.6 Å². The summed E-state index contributed by atoms with van der Waals surface area (Å²) in [6, 6.07) is 5.97. The van der Waals surface area contributed by atoms with Crippen LogP contribution in [0.2, 0.25) is 0 Å². The van der Waals surface area contributed by atoms with Gasteiger partial charge in [0.1, 0.15) is 11.5 Å². The molecule has 0 spiro atoms. The average molecular weight is 268 g/mol. The predicted molar refractivity (Wildman–Crippen MR) is 72.6 cm³/mol. The molecule has 4 heteroatoms. The summed E-state index contributed by atoms with van der Waals surface area (Å²) in [6.45, 7) is 3.49. The molecule has 0 atom stereocenters. The zero-order valence-electron chi connectivity index (χ0n) is 11.0. The molecule has 20 heavy (non-hydrogen) atoms. The van der Waals surface area contributed by atoms with Gasteiger partial charge in [-0.1, -0.05) is 12.1 Å². The molecule has 0 saturated heterocycles. The highest BCUT2D eigenvalue weighted by molar-refractivity contribution is 6.31. The second kappa shape index (κ2) is 3.93. The van der Waals surface area contributed by atoms with Crippen LogP contribution < -0.4 is 0 Å². The summed E-state index contributed by atoms with van der Waals surface area (Å²) in [4.78, 5) is 25.2. The SMILES string of the molecule is Cc1ccc(C)c2c1C(=O)c1c(O)ccc(O)c1C2=O. The number of aryl methyl sites for hydroxylation is 2. The van der Waals surface area contributed by atoms with Crippen molar-refractivity contribution in [2.24, 2.45) is 0 Å². The number of hydrogen-bond donors (Lipinski definition) is 2. The van der Waals surface area contributed by atoms with Gasteiger partial charge in [0.2, 0.25) is 0 Å². The monoisotopic (exact) mass is 268 g/mol. The van der Waals surface area contributed by atoms with Crippen molar-refractivity contribution in [3.8, 4) is 11.5 Å². The molecule has 100 valence electrons. The van der Waals surface area contributed by atoms with Crippen molar-refractivity contribution in [3.05, 3.63) is 57.6 Å². The number of phenolic OH excluding ortho intramolecular Hbond substituents is 2. The number of hydrogen-bond acceptors (Lipinski definition) is 4. The molecular weight excluding hydrogens is 256 g/mol. The molecule has 4 nitrogen and oxygen atoms in total. The summed E-state index contributed by atoms with van der Waals surface area (Å²) in [5.74, 6) is -1.43. The Hall–Kier alpha value is -2.62. The van der Waals surface area contributed by atoms with Crippen molar-refractivity contribution in [3.63, 3.8) is 0 Å². The second-order valence-corrected chi connectivity index (χ2v) is 4.96. The molecule has 0 aromatic heterocycles. The van der Waals surface area contributed by atoms with E-state index in [0.29, 0.717) is 22.3 Å². The van der Waals surface area contributed by atoms with Gasteiger partial charge in [0, 0.05) is 11.1 Å². The highest BCUT2D eigenvalue weighted by atomic mass is 16.3. The molecule has 0 amide bonds. The fourth-order valence-electron chi connectivity index (χ4n) is 2.69. The van der Waals surface area contributed by atoms with Gasteiger partial charge in [-0.2, -0.15) is 0 Å². The Morgan fingerprint density at radius 2 is 1.00 bits per heavy atom. The van der Waals surface area contributed by atoms with Gasteiger partial charge in [-0.15, -0.1) is 0 Å². The molecule has 0 fully saturated rings. The summed E-state index contributed by atoms with van der Waals surface area (Å²) in [6.07, 6.45) is 0. The van der Waals surface area contributed by atoms with Crippen LogP contribution in [0.3, 0.4) is 0 Å². The van der Waals surface area contributed by atoms with E-state index < -0.39 is 11.6 Å². The molecule has 3 rings (SSSR count). The van der Waals surface area contributed by atoms with E-state index in [9.17, 15) is 19.8 Å². The number of carbonyl (C=O) groups is 2.